The second-order valence-electron chi connectivity index (χ2n) is 2.37. The highest BCUT2D eigenvalue weighted by Gasteiger charge is 2.11. The van der Waals surface area contributed by atoms with E-state index in [0.29, 0.717) is 16.1 Å². The summed E-state index contributed by atoms with van der Waals surface area (Å²) in [6.07, 6.45) is 1.35. The van der Waals surface area contributed by atoms with Crippen LogP contribution in [0.3, 0.4) is 0 Å². The van der Waals surface area contributed by atoms with Gasteiger partial charge in [0.1, 0.15) is 17.3 Å². The fourth-order valence-corrected chi connectivity index (χ4v) is 1.21. The van der Waals surface area contributed by atoms with Gasteiger partial charge in [0.2, 0.25) is 5.82 Å². The van der Waals surface area contributed by atoms with Crippen molar-refractivity contribution in [3.63, 3.8) is 0 Å². The predicted octanol–water partition coefficient (Wildman–Crippen LogP) is 1.26. The van der Waals surface area contributed by atoms with Crippen LogP contribution >= 0.6 is 27.5 Å². The molecule has 0 bridgehead atoms. The van der Waals surface area contributed by atoms with E-state index in [1.54, 1.807) is 0 Å². The van der Waals surface area contributed by atoms with Crippen LogP contribution in [-0.4, -0.2) is 25.1 Å². The van der Waals surface area contributed by atoms with Crippen molar-refractivity contribution in [1.82, 2.24) is 25.1 Å². The third kappa shape index (κ3) is 1.55. The Morgan fingerprint density at radius 3 is 2.79 bits per heavy atom. The van der Waals surface area contributed by atoms with Gasteiger partial charge in [-0.1, -0.05) is 11.6 Å². The average molecular weight is 275 g/mol. The van der Waals surface area contributed by atoms with E-state index in [0.717, 1.165) is 0 Å². The number of nitrogens with two attached hydrogens (primary N) is 1. The number of halogens is 2. The molecule has 2 aromatic heterocycles. The number of rotatable bonds is 1. The molecule has 2 aromatic rings. The second-order valence-corrected chi connectivity index (χ2v) is 3.52. The molecule has 0 radical (unpaired) electrons. The molecule has 0 spiro atoms. The lowest BCUT2D eigenvalue weighted by Crippen LogP contribution is -1.99. The summed E-state index contributed by atoms with van der Waals surface area (Å²) in [6, 6.07) is 0. The monoisotopic (exact) mass is 274 g/mol. The van der Waals surface area contributed by atoms with Gasteiger partial charge in [-0.2, -0.15) is 5.10 Å². The fraction of sp³-hybridized carbons (Fsp3) is 0. The second kappa shape index (κ2) is 3.50. The summed E-state index contributed by atoms with van der Waals surface area (Å²) in [5.41, 5.74) is 5.58. The minimum Gasteiger partial charge on any atom is -0.383 e. The van der Waals surface area contributed by atoms with E-state index in [4.69, 9.17) is 17.3 Å². The normalized spacial score (nSPS) is 10.4. The summed E-state index contributed by atoms with van der Waals surface area (Å²) >= 11 is 8.94. The molecule has 8 heteroatoms. The number of nitrogen functional groups attached to an aromatic ring is 1. The Bertz CT molecular complexity index is 432. The molecule has 2 heterocycles. The highest BCUT2D eigenvalue weighted by Crippen LogP contribution is 2.26. The average Bonchev–Trinajstić information content (AvgIpc) is 2.66. The summed E-state index contributed by atoms with van der Waals surface area (Å²) in [5.74, 6) is 0.996. The predicted molar refractivity (Wildman–Crippen MR) is 54.5 cm³/mol. The van der Waals surface area contributed by atoms with Gasteiger partial charge in [0.05, 0.1) is 4.47 Å². The SMILES string of the molecule is Nc1nc(-c2ncn[nH]2)nc(Cl)c1Br. The standard InChI is InChI=1S/C6H4BrClN6/c7-2-3(8)12-6(13-4(2)9)5-10-1-11-14-5/h1H,(H2,9,12,13)(H,10,11,14). The largest absolute Gasteiger partial charge is 0.383 e. The minimum absolute atomic E-state index is 0.240. The van der Waals surface area contributed by atoms with E-state index in [2.05, 4.69) is 41.1 Å². The molecule has 0 aliphatic rings. The van der Waals surface area contributed by atoms with Crippen LogP contribution in [0.1, 0.15) is 0 Å². The molecule has 0 amide bonds. The fourth-order valence-electron chi connectivity index (χ4n) is 0.855. The Hall–Kier alpha value is -1.21. The summed E-state index contributed by atoms with van der Waals surface area (Å²) in [7, 11) is 0. The molecule has 0 saturated carbocycles. The van der Waals surface area contributed by atoms with Crippen LogP contribution in [0, 0.1) is 0 Å². The Labute approximate surface area is 92.1 Å². The minimum atomic E-state index is 0.240. The molecular weight excluding hydrogens is 271 g/mol. The maximum absolute atomic E-state index is 5.80. The quantitative estimate of drug-likeness (QED) is 0.764. The zero-order valence-electron chi connectivity index (χ0n) is 6.70. The van der Waals surface area contributed by atoms with Gasteiger partial charge in [-0.3, -0.25) is 5.10 Å². The molecule has 6 nitrogen and oxygen atoms in total. The zero-order valence-corrected chi connectivity index (χ0v) is 9.04. The molecule has 0 atom stereocenters. The maximum atomic E-state index is 5.80. The van der Waals surface area contributed by atoms with E-state index in [-0.39, 0.29) is 11.0 Å². The Morgan fingerprint density at radius 1 is 1.43 bits per heavy atom. The van der Waals surface area contributed by atoms with Crippen molar-refractivity contribution in [1.29, 1.82) is 0 Å². The van der Waals surface area contributed by atoms with Gasteiger partial charge in [-0.15, -0.1) is 0 Å². The van der Waals surface area contributed by atoms with Gasteiger partial charge in [0.15, 0.2) is 5.82 Å². The van der Waals surface area contributed by atoms with E-state index < -0.39 is 0 Å². The van der Waals surface area contributed by atoms with Crippen LogP contribution < -0.4 is 5.73 Å². The summed E-state index contributed by atoms with van der Waals surface area (Å²) < 4.78 is 0.474. The number of nitrogens with one attached hydrogen (secondary N) is 1. The molecule has 0 unspecified atom stereocenters. The van der Waals surface area contributed by atoms with Crippen molar-refractivity contribution in [2.45, 2.75) is 0 Å². The molecule has 2 rings (SSSR count). The van der Waals surface area contributed by atoms with Crippen molar-refractivity contribution in [3.05, 3.63) is 16.0 Å². The molecule has 0 saturated heterocycles. The van der Waals surface area contributed by atoms with Crippen molar-refractivity contribution in [2.75, 3.05) is 5.73 Å². The highest BCUT2D eigenvalue weighted by molar-refractivity contribution is 9.10. The molecule has 72 valence electrons. The van der Waals surface area contributed by atoms with Crippen molar-refractivity contribution in [3.8, 4) is 11.6 Å². The number of H-pyrrole nitrogens is 1. The first-order valence-electron chi connectivity index (χ1n) is 3.52. The summed E-state index contributed by atoms with van der Waals surface area (Å²) in [6.45, 7) is 0. The van der Waals surface area contributed by atoms with Crippen molar-refractivity contribution >= 4 is 33.3 Å². The van der Waals surface area contributed by atoms with Gasteiger partial charge >= 0.3 is 0 Å². The molecule has 0 aromatic carbocycles. The maximum Gasteiger partial charge on any atom is 0.200 e. The smallest absolute Gasteiger partial charge is 0.200 e. The third-order valence-corrected chi connectivity index (χ3v) is 2.75. The summed E-state index contributed by atoms with van der Waals surface area (Å²) in [5, 5.41) is 6.52. The lowest BCUT2D eigenvalue weighted by molar-refractivity contribution is 1.06. The molecule has 14 heavy (non-hydrogen) atoms. The topological polar surface area (TPSA) is 93.4 Å². The van der Waals surface area contributed by atoms with Gasteiger partial charge < -0.3 is 5.73 Å². The van der Waals surface area contributed by atoms with Crippen LogP contribution in [0.4, 0.5) is 5.82 Å². The number of aromatic nitrogens is 5. The van der Waals surface area contributed by atoms with Crippen molar-refractivity contribution < 1.29 is 0 Å². The Morgan fingerprint density at radius 2 is 2.21 bits per heavy atom. The Balaban J connectivity index is 2.57. The number of nitrogens with zero attached hydrogens (tertiary/aromatic N) is 4. The van der Waals surface area contributed by atoms with Crippen molar-refractivity contribution in [2.24, 2.45) is 0 Å². The van der Waals surface area contributed by atoms with Crippen LogP contribution in [0.5, 0.6) is 0 Å². The van der Waals surface area contributed by atoms with Gasteiger partial charge in [0, 0.05) is 0 Å². The lowest BCUT2D eigenvalue weighted by Gasteiger charge is -2.01. The number of anilines is 1. The van der Waals surface area contributed by atoms with Gasteiger partial charge in [-0.25, -0.2) is 15.0 Å². The van der Waals surface area contributed by atoms with Crippen LogP contribution in [0.25, 0.3) is 11.6 Å². The van der Waals surface area contributed by atoms with E-state index in [1.165, 1.54) is 6.33 Å². The van der Waals surface area contributed by atoms with E-state index in [1.807, 2.05) is 0 Å². The molecule has 0 fully saturated rings. The molecule has 3 N–H and O–H groups in total. The van der Waals surface area contributed by atoms with Crippen LogP contribution in [0.15, 0.2) is 10.8 Å². The number of aromatic amines is 1. The summed E-state index contributed by atoms with van der Waals surface area (Å²) in [4.78, 5) is 11.8. The van der Waals surface area contributed by atoms with Gasteiger partial charge in [0.25, 0.3) is 0 Å². The van der Waals surface area contributed by atoms with Crippen LogP contribution in [0.2, 0.25) is 5.15 Å². The van der Waals surface area contributed by atoms with Gasteiger partial charge in [-0.05, 0) is 15.9 Å². The number of hydrogen-bond donors (Lipinski definition) is 2. The zero-order chi connectivity index (χ0) is 10.1. The molecule has 0 aliphatic carbocycles. The van der Waals surface area contributed by atoms with E-state index in [9.17, 15) is 0 Å². The van der Waals surface area contributed by atoms with E-state index >= 15 is 0 Å². The third-order valence-electron chi connectivity index (χ3n) is 1.46. The molecule has 0 aliphatic heterocycles. The lowest BCUT2D eigenvalue weighted by atomic mass is 10.5. The first-order valence-corrected chi connectivity index (χ1v) is 4.70. The Kier molecular flexibility index (Phi) is 2.34. The highest BCUT2D eigenvalue weighted by atomic mass is 79.9. The first kappa shape index (κ1) is 9.35. The molecular formula is C6H4BrClN6. The number of hydrogen-bond acceptors (Lipinski definition) is 5. The van der Waals surface area contributed by atoms with Crippen LogP contribution in [-0.2, 0) is 0 Å². The first-order chi connectivity index (χ1) is 6.68.